The van der Waals surface area contributed by atoms with Crippen molar-refractivity contribution in [3.05, 3.63) is 16.8 Å². The molecule has 2 heterocycles. The fourth-order valence-corrected chi connectivity index (χ4v) is 6.97. The molecule has 1 unspecified atom stereocenters. The molecule has 0 N–H and O–H groups in total. The highest BCUT2D eigenvalue weighted by Crippen LogP contribution is 2.46. The second-order valence-corrected chi connectivity index (χ2v) is 11.7. The minimum atomic E-state index is -3.03. The molecular weight excluding hydrogens is 393 g/mol. The number of nitrogens with zero attached hydrogens (tertiary/aromatic N) is 3. The Balaban J connectivity index is 1.61. The predicted octanol–water partition coefficient (Wildman–Crippen LogP) is 2.33. The average molecular weight is 421 g/mol. The number of ether oxygens (including phenoxy) is 1. The summed E-state index contributed by atoms with van der Waals surface area (Å²) in [5.41, 5.74) is 1.13. The molecule has 0 saturated heterocycles. The summed E-state index contributed by atoms with van der Waals surface area (Å²) >= 11 is 1.67. The standard InChI is InChI=1S/C19H28BN3O3S2/c1-3-28(24,25)10-12-4-9-15-16(12)17-18(21-11-22-19(17)27-15)26-14-7-5-13(6-8-14)23(2)20/h11-14H,3-10,20H2,1-2H3/t12?,13-,14-. The Morgan fingerprint density at radius 1 is 1.25 bits per heavy atom. The van der Waals surface area contributed by atoms with Gasteiger partial charge in [-0.3, -0.25) is 0 Å². The summed E-state index contributed by atoms with van der Waals surface area (Å²) in [5, 5.41) is 0.964. The summed E-state index contributed by atoms with van der Waals surface area (Å²) in [7, 11) is 1.25. The maximum Gasteiger partial charge on any atom is 0.225 e. The molecule has 9 heteroatoms. The van der Waals surface area contributed by atoms with E-state index in [1.165, 1.54) is 4.88 Å². The topological polar surface area (TPSA) is 72.4 Å². The van der Waals surface area contributed by atoms with Gasteiger partial charge < -0.3 is 9.55 Å². The third-order valence-corrected chi connectivity index (χ3v) is 9.21. The molecule has 1 atom stereocenters. The zero-order valence-corrected chi connectivity index (χ0v) is 18.5. The van der Waals surface area contributed by atoms with E-state index in [1.807, 2.05) is 0 Å². The van der Waals surface area contributed by atoms with E-state index in [2.05, 4.69) is 29.8 Å². The monoisotopic (exact) mass is 421 g/mol. The fraction of sp³-hybridized carbons (Fsp3) is 0.684. The Morgan fingerprint density at radius 3 is 2.68 bits per heavy atom. The molecular formula is C19H28BN3O3S2. The number of hydrogen-bond donors (Lipinski definition) is 0. The maximum absolute atomic E-state index is 12.2. The third-order valence-electron chi connectivity index (χ3n) is 6.24. The lowest BCUT2D eigenvalue weighted by atomic mass is 9.90. The molecule has 2 aliphatic rings. The first-order chi connectivity index (χ1) is 13.4. The number of thiophene rings is 1. The van der Waals surface area contributed by atoms with E-state index in [4.69, 9.17) is 4.74 Å². The van der Waals surface area contributed by atoms with E-state index in [0.29, 0.717) is 11.9 Å². The van der Waals surface area contributed by atoms with Crippen molar-refractivity contribution in [1.29, 1.82) is 0 Å². The van der Waals surface area contributed by atoms with Crippen molar-refractivity contribution in [2.75, 3.05) is 18.6 Å². The van der Waals surface area contributed by atoms with Crippen LogP contribution in [0.25, 0.3) is 10.2 Å². The highest BCUT2D eigenvalue weighted by Gasteiger charge is 2.33. The van der Waals surface area contributed by atoms with Crippen LogP contribution in [0.3, 0.4) is 0 Å². The summed E-state index contributed by atoms with van der Waals surface area (Å²) in [5.74, 6) is 1.09. The molecule has 0 bridgehead atoms. The maximum atomic E-state index is 12.2. The van der Waals surface area contributed by atoms with Gasteiger partial charge in [-0.1, -0.05) is 6.92 Å². The lowest BCUT2D eigenvalue weighted by Gasteiger charge is -2.33. The smallest absolute Gasteiger partial charge is 0.225 e. The Labute approximate surface area is 172 Å². The molecule has 152 valence electrons. The van der Waals surface area contributed by atoms with Crippen LogP contribution in [-0.2, 0) is 16.3 Å². The van der Waals surface area contributed by atoms with Crippen LogP contribution in [0.5, 0.6) is 5.88 Å². The minimum Gasteiger partial charge on any atom is -0.474 e. The molecule has 1 fully saturated rings. The van der Waals surface area contributed by atoms with Crippen LogP contribution in [0.2, 0.25) is 0 Å². The lowest BCUT2D eigenvalue weighted by molar-refractivity contribution is 0.123. The zero-order chi connectivity index (χ0) is 19.9. The van der Waals surface area contributed by atoms with Gasteiger partial charge in [0, 0.05) is 16.5 Å². The molecule has 1 saturated carbocycles. The molecule has 6 nitrogen and oxygen atoms in total. The van der Waals surface area contributed by atoms with Crippen LogP contribution in [0.1, 0.15) is 55.4 Å². The highest BCUT2D eigenvalue weighted by atomic mass is 32.2. The summed E-state index contributed by atoms with van der Waals surface area (Å²) in [6.07, 6.45) is 7.86. The molecule has 4 rings (SSSR count). The Morgan fingerprint density at radius 2 is 2.00 bits per heavy atom. The van der Waals surface area contributed by atoms with Gasteiger partial charge in [-0.15, -0.1) is 11.3 Å². The van der Waals surface area contributed by atoms with Gasteiger partial charge in [-0.25, -0.2) is 18.4 Å². The van der Waals surface area contributed by atoms with Gasteiger partial charge >= 0.3 is 0 Å². The van der Waals surface area contributed by atoms with Crippen molar-refractivity contribution in [3.8, 4) is 5.88 Å². The van der Waals surface area contributed by atoms with Crippen LogP contribution in [0.15, 0.2) is 6.33 Å². The van der Waals surface area contributed by atoms with Gasteiger partial charge in [0.15, 0.2) is 17.8 Å². The predicted molar refractivity (Wildman–Crippen MR) is 116 cm³/mol. The molecule has 2 aromatic rings. The van der Waals surface area contributed by atoms with Gasteiger partial charge in [-0.2, -0.15) is 0 Å². The normalized spacial score (nSPS) is 25.3. The summed E-state index contributed by atoms with van der Waals surface area (Å²) < 4.78 is 30.9. The van der Waals surface area contributed by atoms with E-state index < -0.39 is 9.84 Å². The van der Waals surface area contributed by atoms with Crippen molar-refractivity contribution >= 4 is 39.4 Å². The Kier molecular flexibility index (Phi) is 5.68. The van der Waals surface area contributed by atoms with Crippen molar-refractivity contribution < 1.29 is 13.2 Å². The first kappa shape index (κ1) is 20.1. The third kappa shape index (κ3) is 3.93. The molecule has 28 heavy (non-hydrogen) atoms. The van der Waals surface area contributed by atoms with Crippen molar-refractivity contribution in [3.63, 3.8) is 0 Å². The van der Waals surface area contributed by atoms with Gasteiger partial charge in [-0.05, 0) is 57.2 Å². The first-order valence-corrected chi connectivity index (χ1v) is 12.8. The molecule has 0 aliphatic heterocycles. The summed E-state index contributed by atoms with van der Waals surface area (Å²) in [6, 6.07) is 0.624. The molecule has 0 aromatic carbocycles. The number of aryl methyl sites for hydroxylation is 1. The van der Waals surface area contributed by atoms with Crippen molar-refractivity contribution in [2.45, 2.75) is 63.5 Å². The van der Waals surface area contributed by atoms with E-state index in [0.717, 1.165) is 54.3 Å². The fourth-order valence-electron chi connectivity index (χ4n) is 4.56. The van der Waals surface area contributed by atoms with Crippen molar-refractivity contribution in [1.82, 2.24) is 14.8 Å². The van der Waals surface area contributed by atoms with Gasteiger partial charge in [0.05, 0.1) is 11.1 Å². The number of sulfone groups is 1. The van der Waals surface area contributed by atoms with Crippen LogP contribution in [0.4, 0.5) is 0 Å². The molecule has 0 radical (unpaired) electrons. The van der Waals surface area contributed by atoms with Crippen LogP contribution < -0.4 is 4.74 Å². The van der Waals surface area contributed by atoms with E-state index >= 15 is 0 Å². The first-order valence-electron chi connectivity index (χ1n) is 10.2. The van der Waals surface area contributed by atoms with E-state index in [1.54, 1.807) is 24.6 Å². The minimum absolute atomic E-state index is 0.0338. The highest BCUT2D eigenvalue weighted by molar-refractivity contribution is 7.91. The number of aromatic nitrogens is 2. The van der Waals surface area contributed by atoms with E-state index in [-0.39, 0.29) is 23.5 Å². The molecule has 2 aromatic heterocycles. The van der Waals surface area contributed by atoms with Crippen LogP contribution in [0, 0.1) is 0 Å². The zero-order valence-electron chi connectivity index (χ0n) is 16.8. The summed E-state index contributed by atoms with van der Waals surface area (Å²) in [4.78, 5) is 13.4. The quantitative estimate of drug-likeness (QED) is 0.667. The van der Waals surface area contributed by atoms with Gasteiger partial charge in [0.1, 0.15) is 17.3 Å². The largest absolute Gasteiger partial charge is 0.474 e. The second-order valence-electron chi connectivity index (χ2n) is 8.24. The van der Waals surface area contributed by atoms with E-state index in [9.17, 15) is 8.42 Å². The second kappa shape index (κ2) is 7.92. The van der Waals surface area contributed by atoms with Crippen LogP contribution >= 0.6 is 11.3 Å². The molecule has 0 amide bonds. The summed E-state index contributed by atoms with van der Waals surface area (Å²) in [6.45, 7) is 1.72. The lowest BCUT2D eigenvalue weighted by Crippen LogP contribution is -2.36. The Hall–Kier alpha value is -1.19. The van der Waals surface area contributed by atoms with Gasteiger partial charge in [0.25, 0.3) is 0 Å². The Bertz CT molecular complexity index is 953. The molecule has 0 spiro atoms. The van der Waals surface area contributed by atoms with Gasteiger partial charge in [0.2, 0.25) is 5.88 Å². The molecule has 2 aliphatic carbocycles. The SMILES string of the molecule is BN(C)[C@H]1CC[C@H](Oc2ncnc3sc4c(c23)C(CS(=O)(=O)CC)CC4)CC1. The van der Waals surface area contributed by atoms with Crippen LogP contribution in [-0.4, -0.2) is 61.9 Å². The number of rotatable bonds is 6. The van der Waals surface area contributed by atoms with Crippen molar-refractivity contribution in [2.24, 2.45) is 0 Å². The number of hydrogen-bond acceptors (Lipinski definition) is 7. The average Bonchev–Trinajstić information content (AvgIpc) is 3.22. The number of fused-ring (bicyclic) bond motifs is 3.